The predicted octanol–water partition coefficient (Wildman–Crippen LogP) is 3.36. The van der Waals surface area contributed by atoms with Gasteiger partial charge in [0.15, 0.2) is 5.76 Å². The molecule has 82 valence electrons. The Morgan fingerprint density at radius 1 is 1.31 bits per heavy atom. The first-order valence-electron chi connectivity index (χ1n) is 4.78. The van der Waals surface area contributed by atoms with E-state index in [2.05, 4.69) is 15.9 Å². The molecule has 0 atom stereocenters. The number of Topliss-reactive ketones (excluding diaryl/α,β-unsaturated/α-hetero) is 2. The van der Waals surface area contributed by atoms with Crippen LogP contribution in [-0.4, -0.2) is 11.6 Å². The molecule has 16 heavy (non-hydrogen) atoms. The van der Waals surface area contributed by atoms with Gasteiger partial charge < -0.3 is 4.42 Å². The Morgan fingerprint density at radius 2 is 2.06 bits per heavy atom. The van der Waals surface area contributed by atoms with Crippen molar-refractivity contribution in [1.29, 1.82) is 0 Å². The molecule has 1 heterocycles. The molecular weight excluding hydrogens is 272 g/mol. The number of fused-ring (bicyclic) bond motifs is 1. The van der Waals surface area contributed by atoms with Crippen LogP contribution in [0, 0.1) is 0 Å². The van der Waals surface area contributed by atoms with Crippen LogP contribution in [0.2, 0.25) is 0 Å². The van der Waals surface area contributed by atoms with Gasteiger partial charge in [-0.2, -0.15) is 0 Å². The summed E-state index contributed by atoms with van der Waals surface area (Å²) in [6, 6.07) is 7.14. The highest BCUT2D eigenvalue weighted by Crippen LogP contribution is 2.23. The van der Waals surface area contributed by atoms with Crippen molar-refractivity contribution in [1.82, 2.24) is 0 Å². The summed E-state index contributed by atoms with van der Waals surface area (Å²) in [6.45, 7) is 1.39. The first-order chi connectivity index (χ1) is 7.56. The quantitative estimate of drug-likeness (QED) is 0.640. The van der Waals surface area contributed by atoms with Crippen LogP contribution in [-0.2, 0) is 4.79 Å². The second kappa shape index (κ2) is 4.22. The first-order valence-corrected chi connectivity index (χ1v) is 5.57. The maximum absolute atomic E-state index is 11.6. The van der Waals surface area contributed by atoms with E-state index in [9.17, 15) is 9.59 Å². The Balaban J connectivity index is 2.39. The molecule has 0 aliphatic carbocycles. The lowest BCUT2D eigenvalue weighted by molar-refractivity contribution is -0.116. The number of hydrogen-bond acceptors (Lipinski definition) is 3. The van der Waals surface area contributed by atoms with Gasteiger partial charge in [-0.15, -0.1) is 0 Å². The van der Waals surface area contributed by atoms with Gasteiger partial charge in [0.05, 0.1) is 6.42 Å². The topological polar surface area (TPSA) is 47.3 Å². The van der Waals surface area contributed by atoms with E-state index in [4.69, 9.17) is 4.42 Å². The minimum absolute atomic E-state index is 0.110. The molecule has 0 saturated carbocycles. The summed E-state index contributed by atoms with van der Waals surface area (Å²) in [5.74, 6) is -0.199. The third-order valence-electron chi connectivity index (χ3n) is 2.16. The first kappa shape index (κ1) is 11.1. The summed E-state index contributed by atoms with van der Waals surface area (Å²) < 4.78 is 6.29. The molecule has 4 heteroatoms. The zero-order valence-electron chi connectivity index (χ0n) is 8.62. The van der Waals surface area contributed by atoms with Gasteiger partial charge in [0.2, 0.25) is 5.78 Å². The Bertz CT molecular complexity index is 569. The molecule has 0 aliphatic heterocycles. The minimum atomic E-state index is -0.278. The summed E-state index contributed by atoms with van der Waals surface area (Å²) in [4.78, 5) is 22.4. The third kappa shape index (κ3) is 2.22. The molecule has 0 saturated heterocycles. The number of halogens is 1. The van der Waals surface area contributed by atoms with Crippen LogP contribution in [0.4, 0.5) is 0 Å². The normalized spacial score (nSPS) is 10.6. The van der Waals surface area contributed by atoms with E-state index in [0.717, 1.165) is 9.86 Å². The van der Waals surface area contributed by atoms with Gasteiger partial charge in [-0.3, -0.25) is 9.59 Å². The number of ketones is 2. The molecule has 0 bridgehead atoms. The van der Waals surface area contributed by atoms with Gasteiger partial charge in [-0.05, 0) is 31.2 Å². The average Bonchev–Trinajstić information content (AvgIpc) is 2.59. The minimum Gasteiger partial charge on any atom is -0.453 e. The standard InChI is InChI=1S/C12H9BrO3/c1-7(14)4-10(15)12-6-8-5-9(13)2-3-11(8)16-12/h2-3,5-6H,4H2,1H3. The smallest absolute Gasteiger partial charge is 0.205 e. The van der Waals surface area contributed by atoms with Crippen molar-refractivity contribution in [3.63, 3.8) is 0 Å². The van der Waals surface area contributed by atoms with Crippen LogP contribution in [0.5, 0.6) is 0 Å². The van der Waals surface area contributed by atoms with E-state index in [-0.39, 0.29) is 23.7 Å². The zero-order valence-corrected chi connectivity index (χ0v) is 10.2. The van der Waals surface area contributed by atoms with Crippen LogP contribution in [0.1, 0.15) is 23.9 Å². The average molecular weight is 281 g/mol. The molecule has 0 fully saturated rings. The Kier molecular flexibility index (Phi) is 2.92. The fourth-order valence-electron chi connectivity index (χ4n) is 1.46. The van der Waals surface area contributed by atoms with Gasteiger partial charge in [0.25, 0.3) is 0 Å². The molecule has 0 N–H and O–H groups in total. The second-order valence-corrected chi connectivity index (χ2v) is 4.51. The van der Waals surface area contributed by atoms with Crippen molar-refractivity contribution >= 4 is 38.5 Å². The molecule has 2 aromatic rings. The number of hydrogen-bond donors (Lipinski definition) is 0. The van der Waals surface area contributed by atoms with Gasteiger partial charge in [0, 0.05) is 9.86 Å². The van der Waals surface area contributed by atoms with E-state index in [0.29, 0.717) is 5.58 Å². The van der Waals surface area contributed by atoms with Crippen molar-refractivity contribution < 1.29 is 14.0 Å². The number of carbonyl (C=O) groups is 2. The second-order valence-electron chi connectivity index (χ2n) is 3.59. The predicted molar refractivity (Wildman–Crippen MR) is 63.5 cm³/mol. The Morgan fingerprint density at radius 3 is 2.75 bits per heavy atom. The summed E-state index contributed by atoms with van der Waals surface area (Å²) >= 11 is 3.34. The van der Waals surface area contributed by atoms with Crippen LogP contribution < -0.4 is 0 Å². The number of furan rings is 1. The van der Waals surface area contributed by atoms with Gasteiger partial charge in [0.1, 0.15) is 11.4 Å². The molecule has 3 nitrogen and oxygen atoms in total. The number of carbonyl (C=O) groups excluding carboxylic acids is 2. The number of benzene rings is 1. The van der Waals surface area contributed by atoms with Crippen molar-refractivity contribution in [2.24, 2.45) is 0 Å². The lowest BCUT2D eigenvalue weighted by atomic mass is 10.1. The molecule has 2 rings (SSSR count). The maximum Gasteiger partial charge on any atom is 0.205 e. The van der Waals surface area contributed by atoms with Crippen molar-refractivity contribution in [3.8, 4) is 0 Å². The van der Waals surface area contributed by atoms with E-state index < -0.39 is 0 Å². The summed E-state index contributed by atoms with van der Waals surface area (Å²) in [7, 11) is 0. The molecular formula is C12H9BrO3. The molecule has 0 unspecified atom stereocenters. The fraction of sp³-hybridized carbons (Fsp3) is 0.167. The van der Waals surface area contributed by atoms with Gasteiger partial charge >= 0.3 is 0 Å². The Hall–Kier alpha value is -1.42. The monoisotopic (exact) mass is 280 g/mol. The molecule has 0 aliphatic rings. The van der Waals surface area contributed by atoms with Gasteiger partial charge in [-0.25, -0.2) is 0 Å². The lowest BCUT2D eigenvalue weighted by Gasteiger charge is -1.91. The van der Waals surface area contributed by atoms with E-state index >= 15 is 0 Å². The highest BCUT2D eigenvalue weighted by atomic mass is 79.9. The summed E-state index contributed by atoms with van der Waals surface area (Å²) in [6.07, 6.45) is -0.110. The highest BCUT2D eigenvalue weighted by Gasteiger charge is 2.13. The molecule has 0 radical (unpaired) electrons. The maximum atomic E-state index is 11.6. The fourth-order valence-corrected chi connectivity index (χ4v) is 1.84. The van der Waals surface area contributed by atoms with E-state index in [1.165, 1.54) is 6.92 Å². The van der Waals surface area contributed by atoms with Crippen LogP contribution in [0.25, 0.3) is 11.0 Å². The lowest BCUT2D eigenvalue weighted by Crippen LogP contribution is -2.03. The van der Waals surface area contributed by atoms with Crippen LogP contribution in [0.15, 0.2) is 33.2 Å². The van der Waals surface area contributed by atoms with Crippen LogP contribution in [0.3, 0.4) is 0 Å². The summed E-state index contributed by atoms with van der Waals surface area (Å²) in [5, 5.41) is 0.848. The SMILES string of the molecule is CC(=O)CC(=O)c1cc2cc(Br)ccc2o1. The molecule has 1 aromatic heterocycles. The van der Waals surface area contributed by atoms with E-state index in [1.54, 1.807) is 12.1 Å². The summed E-state index contributed by atoms with van der Waals surface area (Å²) in [5.41, 5.74) is 0.648. The third-order valence-corrected chi connectivity index (χ3v) is 2.66. The van der Waals surface area contributed by atoms with Crippen molar-refractivity contribution in [3.05, 3.63) is 34.5 Å². The van der Waals surface area contributed by atoms with Crippen LogP contribution >= 0.6 is 15.9 Å². The zero-order chi connectivity index (χ0) is 11.7. The molecule has 0 amide bonds. The van der Waals surface area contributed by atoms with Crippen molar-refractivity contribution in [2.45, 2.75) is 13.3 Å². The van der Waals surface area contributed by atoms with Gasteiger partial charge in [-0.1, -0.05) is 15.9 Å². The molecule has 0 spiro atoms. The highest BCUT2D eigenvalue weighted by molar-refractivity contribution is 9.10. The molecule has 1 aromatic carbocycles. The van der Waals surface area contributed by atoms with Crippen molar-refractivity contribution in [2.75, 3.05) is 0 Å². The largest absolute Gasteiger partial charge is 0.453 e. The Labute approximate surface area is 101 Å². The number of rotatable bonds is 3. The van der Waals surface area contributed by atoms with E-state index in [1.807, 2.05) is 12.1 Å².